The van der Waals surface area contributed by atoms with E-state index in [2.05, 4.69) is 18.3 Å². The van der Waals surface area contributed by atoms with Crippen LogP contribution in [0, 0.1) is 0 Å². The number of urea groups is 1. The number of para-hydroxylation sites is 1. The standard InChI is InChI=1S/C13H19N3O/c1-10-9-16(13(17)15(2)3)12-7-5-4-6-11(12)8-14-10/h4-7,10,14H,8-9H2,1-3H3. The second-order valence-electron chi connectivity index (χ2n) is 4.70. The largest absolute Gasteiger partial charge is 0.330 e. The zero-order valence-corrected chi connectivity index (χ0v) is 10.6. The number of nitrogens with one attached hydrogen (secondary N) is 1. The number of hydrogen-bond donors (Lipinski definition) is 1. The third-order valence-corrected chi connectivity index (χ3v) is 2.99. The molecule has 1 unspecified atom stereocenters. The van der Waals surface area contributed by atoms with Crippen LogP contribution in [0.3, 0.4) is 0 Å². The number of anilines is 1. The molecule has 1 aliphatic rings. The lowest BCUT2D eigenvalue weighted by Crippen LogP contribution is -2.44. The maximum absolute atomic E-state index is 12.2. The summed E-state index contributed by atoms with van der Waals surface area (Å²) in [5, 5.41) is 3.41. The van der Waals surface area contributed by atoms with Crippen LogP contribution in [0.25, 0.3) is 0 Å². The van der Waals surface area contributed by atoms with Crippen molar-refractivity contribution >= 4 is 11.7 Å². The first-order valence-electron chi connectivity index (χ1n) is 5.89. The van der Waals surface area contributed by atoms with Gasteiger partial charge in [-0.1, -0.05) is 18.2 Å². The Bertz CT molecular complexity index is 417. The van der Waals surface area contributed by atoms with Gasteiger partial charge in [0.15, 0.2) is 0 Å². The molecule has 4 heteroatoms. The maximum atomic E-state index is 12.2. The van der Waals surface area contributed by atoms with Crippen molar-refractivity contribution in [3.63, 3.8) is 0 Å². The zero-order valence-electron chi connectivity index (χ0n) is 10.6. The van der Waals surface area contributed by atoms with E-state index in [0.717, 1.165) is 12.2 Å². The van der Waals surface area contributed by atoms with E-state index < -0.39 is 0 Å². The van der Waals surface area contributed by atoms with Gasteiger partial charge < -0.3 is 10.2 Å². The van der Waals surface area contributed by atoms with E-state index in [1.54, 1.807) is 19.0 Å². The summed E-state index contributed by atoms with van der Waals surface area (Å²) in [6.07, 6.45) is 0. The molecule has 4 nitrogen and oxygen atoms in total. The summed E-state index contributed by atoms with van der Waals surface area (Å²) in [6.45, 7) is 3.62. The molecule has 0 bridgehead atoms. The smallest absolute Gasteiger partial charge is 0.324 e. The first kappa shape index (κ1) is 11.9. The Morgan fingerprint density at radius 1 is 1.41 bits per heavy atom. The first-order chi connectivity index (χ1) is 8.09. The minimum absolute atomic E-state index is 0.0352. The molecule has 0 radical (unpaired) electrons. The normalized spacial score (nSPS) is 19.5. The van der Waals surface area contributed by atoms with E-state index in [0.29, 0.717) is 12.6 Å². The molecule has 0 saturated heterocycles. The van der Waals surface area contributed by atoms with Crippen LogP contribution in [0.5, 0.6) is 0 Å². The molecule has 17 heavy (non-hydrogen) atoms. The van der Waals surface area contributed by atoms with Crippen molar-refractivity contribution in [1.82, 2.24) is 10.2 Å². The minimum Gasteiger partial charge on any atom is -0.330 e. The predicted molar refractivity (Wildman–Crippen MR) is 69.2 cm³/mol. The quantitative estimate of drug-likeness (QED) is 0.740. The average molecular weight is 233 g/mol. The molecule has 2 amide bonds. The van der Waals surface area contributed by atoms with Gasteiger partial charge in [0.05, 0.1) is 0 Å². The van der Waals surface area contributed by atoms with E-state index in [-0.39, 0.29) is 6.03 Å². The lowest BCUT2D eigenvalue weighted by molar-refractivity contribution is 0.223. The van der Waals surface area contributed by atoms with Crippen LogP contribution in [-0.4, -0.2) is 37.6 Å². The van der Waals surface area contributed by atoms with Crippen LogP contribution in [0.1, 0.15) is 12.5 Å². The van der Waals surface area contributed by atoms with E-state index in [9.17, 15) is 4.79 Å². The van der Waals surface area contributed by atoms with E-state index >= 15 is 0 Å². The summed E-state index contributed by atoms with van der Waals surface area (Å²) in [6, 6.07) is 8.39. The lowest BCUT2D eigenvalue weighted by Gasteiger charge is -2.27. The number of fused-ring (bicyclic) bond motifs is 1. The Kier molecular flexibility index (Phi) is 3.33. The van der Waals surface area contributed by atoms with Gasteiger partial charge in [-0.05, 0) is 18.6 Å². The first-order valence-corrected chi connectivity index (χ1v) is 5.89. The number of nitrogens with zero attached hydrogens (tertiary/aromatic N) is 2. The van der Waals surface area contributed by atoms with Gasteiger partial charge in [-0.3, -0.25) is 4.90 Å². The number of benzene rings is 1. The van der Waals surface area contributed by atoms with Crippen LogP contribution in [0.4, 0.5) is 10.5 Å². The fourth-order valence-corrected chi connectivity index (χ4v) is 2.07. The van der Waals surface area contributed by atoms with Crippen LogP contribution in [0.2, 0.25) is 0 Å². The maximum Gasteiger partial charge on any atom is 0.324 e. The van der Waals surface area contributed by atoms with E-state index in [4.69, 9.17) is 0 Å². The zero-order chi connectivity index (χ0) is 12.4. The van der Waals surface area contributed by atoms with Gasteiger partial charge in [0.2, 0.25) is 0 Å². The molecule has 1 aromatic rings. The van der Waals surface area contributed by atoms with Crippen molar-refractivity contribution in [2.24, 2.45) is 0 Å². The summed E-state index contributed by atoms with van der Waals surface area (Å²) in [5.74, 6) is 0. The van der Waals surface area contributed by atoms with Gasteiger partial charge in [-0.2, -0.15) is 0 Å². The van der Waals surface area contributed by atoms with Crippen LogP contribution < -0.4 is 10.2 Å². The van der Waals surface area contributed by atoms with Crippen molar-refractivity contribution < 1.29 is 4.79 Å². The number of carbonyl (C=O) groups excluding carboxylic acids is 1. The molecular weight excluding hydrogens is 214 g/mol. The topological polar surface area (TPSA) is 35.6 Å². The summed E-state index contributed by atoms with van der Waals surface area (Å²) in [4.78, 5) is 15.7. The predicted octanol–water partition coefficient (Wildman–Crippen LogP) is 1.67. The SMILES string of the molecule is CC1CN(C(=O)N(C)C)c2ccccc2CN1. The molecule has 1 atom stereocenters. The summed E-state index contributed by atoms with van der Waals surface area (Å²) >= 11 is 0. The molecule has 0 aliphatic carbocycles. The van der Waals surface area contributed by atoms with Crippen LogP contribution in [0.15, 0.2) is 24.3 Å². The minimum atomic E-state index is 0.0352. The van der Waals surface area contributed by atoms with Gasteiger partial charge >= 0.3 is 6.03 Å². The molecule has 0 spiro atoms. The highest BCUT2D eigenvalue weighted by Crippen LogP contribution is 2.24. The third-order valence-electron chi connectivity index (χ3n) is 2.99. The summed E-state index contributed by atoms with van der Waals surface area (Å²) in [7, 11) is 3.57. The van der Waals surface area contributed by atoms with Crippen molar-refractivity contribution in [3.05, 3.63) is 29.8 Å². The van der Waals surface area contributed by atoms with Crippen molar-refractivity contribution in [2.45, 2.75) is 19.5 Å². The fraction of sp³-hybridized carbons (Fsp3) is 0.462. The highest BCUT2D eigenvalue weighted by atomic mass is 16.2. The molecule has 1 aromatic carbocycles. The number of amides is 2. The van der Waals surface area contributed by atoms with Gasteiger partial charge in [0.1, 0.15) is 0 Å². The van der Waals surface area contributed by atoms with Gasteiger partial charge in [-0.25, -0.2) is 4.79 Å². The molecule has 0 fully saturated rings. The van der Waals surface area contributed by atoms with Crippen LogP contribution in [-0.2, 0) is 6.54 Å². The monoisotopic (exact) mass is 233 g/mol. The molecule has 92 valence electrons. The fourth-order valence-electron chi connectivity index (χ4n) is 2.07. The lowest BCUT2D eigenvalue weighted by atomic mass is 10.1. The molecule has 2 rings (SSSR count). The molecule has 1 heterocycles. The van der Waals surface area contributed by atoms with Crippen molar-refractivity contribution in [2.75, 3.05) is 25.5 Å². The molecule has 0 saturated carbocycles. The van der Waals surface area contributed by atoms with E-state index in [1.807, 2.05) is 23.1 Å². The highest BCUT2D eigenvalue weighted by Gasteiger charge is 2.24. The second kappa shape index (κ2) is 4.75. The Morgan fingerprint density at radius 2 is 2.12 bits per heavy atom. The van der Waals surface area contributed by atoms with Gasteiger partial charge in [0, 0.05) is 38.9 Å². The summed E-state index contributed by atoms with van der Waals surface area (Å²) in [5.41, 5.74) is 2.19. The Hall–Kier alpha value is -1.55. The number of hydrogen-bond acceptors (Lipinski definition) is 2. The van der Waals surface area contributed by atoms with E-state index in [1.165, 1.54) is 5.56 Å². The Morgan fingerprint density at radius 3 is 2.82 bits per heavy atom. The van der Waals surface area contributed by atoms with Crippen molar-refractivity contribution in [1.29, 1.82) is 0 Å². The molecule has 1 aliphatic heterocycles. The summed E-state index contributed by atoms with van der Waals surface area (Å²) < 4.78 is 0. The molecule has 1 N–H and O–H groups in total. The molecular formula is C13H19N3O. The molecule has 0 aromatic heterocycles. The highest BCUT2D eigenvalue weighted by molar-refractivity contribution is 5.92. The Balaban J connectivity index is 2.39. The number of carbonyl (C=O) groups is 1. The van der Waals surface area contributed by atoms with Crippen LogP contribution >= 0.6 is 0 Å². The van der Waals surface area contributed by atoms with Gasteiger partial charge in [-0.15, -0.1) is 0 Å². The Labute approximate surface area is 102 Å². The van der Waals surface area contributed by atoms with Crippen molar-refractivity contribution in [3.8, 4) is 0 Å². The second-order valence-corrected chi connectivity index (χ2v) is 4.70. The third kappa shape index (κ3) is 2.42. The average Bonchev–Trinajstić information content (AvgIpc) is 2.48. The van der Waals surface area contributed by atoms with Gasteiger partial charge in [0.25, 0.3) is 0 Å². The number of rotatable bonds is 0.